The summed E-state index contributed by atoms with van der Waals surface area (Å²) in [4.78, 5) is 11.2. The Hall–Kier alpha value is -1.79. The molecule has 3 heteroatoms. The molecule has 1 aromatic rings. The van der Waals surface area contributed by atoms with Gasteiger partial charge in [-0.15, -0.1) is 6.42 Å². The van der Waals surface area contributed by atoms with Gasteiger partial charge in [0.25, 0.3) is 0 Å². The smallest absolute Gasteiger partial charge is 0.325 e. The minimum Gasteiger partial charge on any atom is -0.480 e. The Labute approximate surface area is 108 Å². The molecular formula is C15H19NO2. The standard InChI is InChI=1S/C15H19NO2/c1-5-10-16-13(14(17)18)11-6-8-12(9-7-11)15(2,3)4/h1,6-9,13,16H,10H2,2-4H3,(H,17,18). The lowest BCUT2D eigenvalue weighted by Gasteiger charge is -2.20. The van der Waals surface area contributed by atoms with Gasteiger partial charge in [-0.25, -0.2) is 0 Å². The highest BCUT2D eigenvalue weighted by molar-refractivity contribution is 5.75. The van der Waals surface area contributed by atoms with Crippen molar-refractivity contribution in [1.82, 2.24) is 5.32 Å². The first-order valence-electron chi connectivity index (χ1n) is 5.86. The number of nitrogens with one attached hydrogen (secondary N) is 1. The zero-order valence-electron chi connectivity index (χ0n) is 11.0. The van der Waals surface area contributed by atoms with E-state index in [1.165, 1.54) is 5.56 Å². The van der Waals surface area contributed by atoms with Gasteiger partial charge in [0, 0.05) is 0 Å². The van der Waals surface area contributed by atoms with E-state index in [1.807, 2.05) is 24.3 Å². The fraction of sp³-hybridized carbons (Fsp3) is 0.400. The Morgan fingerprint density at radius 3 is 2.33 bits per heavy atom. The van der Waals surface area contributed by atoms with Crippen LogP contribution in [0.1, 0.15) is 37.9 Å². The van der Waals surface area contributed by atoms with Gasteiger partial charge in [-0.2, -0.15) is 0 Å². The summed E-state index contributed by atoms with van der Waals surface area (Å²) >= 11 is 0. The number of aliphatic carboxylic acids is 1. The molecule has 0 saturated carbocycles. The lowest BCUT2D eigenvalue weighted by atomic mass is 9.86. The zero-order valence-corrected chi connectivity index (χ0v) is 11.0. The molecule has 0 radical (unpaired) electrons. The van der Waals surface area contributed by atoms with Crippen molar-refractivity contribution >= 4 is 5.97 Å². The first-order chi connectivity index (χ1) is 8.36. The maximum Gasteiger partial charge on any atom is 0.325 e. The van der Waals surface area contributed by atoms with Gasteiger partial charge in [0.05, 0.1) is 6.54 Å². The predicted molar refractivity (Wildman–Crippen MR) is 72.4 cm³/mol. The first-order valence-corrected chi connectivity index (χ1v) is 5.86. The lowest BCUT2D eigenvalue weighted by molar-refractivity contribution is -0.139. The topological polar surface area (TPSA) is 49.3 Å². The maximum atomic E-state index is 11.2. The number of carbonyl (C=O) groups is 1. The molecule has 0 aromatic heterocycles. The van der Waals surface area contributed by atoms with Gasteiger partial charge < -0.3 is 5.11 Å². The Morgan fingerprint density at radius 1 is 1.39 bits per heavy atom. The highest BCUT2D eigenvalue weighted by Crippen LogP contribution is 2.24. The van der Waals surface area contributed by atoms with E-state index < -0.39 is 12.0 Å². The molecule has 0 spiro atoms. The molecule has 0 saturated heterocycles. The molecule has 1 rings (SSSR count). The molecule has 18 heavy (non-hydrogen) atoms. The summed E-state index contributed by atoms with van der Waals surface area (Å²) in [5, 5.41) is 12.0. The molecule has 1 atom stereocenters. The summed E-state index contributed by atoms with van der Waals surface area (Å²) < 4.78 is 0. The maximum absolute atomic E-state index is 11.2. The molecule has 0 bridgehead atoms. The van der Waals surface area contributed by atoms with Gasteiger partial charge in [-0.3, -0.25) is 10.1 Å². The summed E-state index contributed by atoms with van der Waals surface area (Å²) in [6.45, 7) is 6.59. The largest absolute Gasteiger partial charge is 0.480 e. The summed E-state index contributed by atoms with van der Waals surface area (Å²) in [5.74, 6) is 1.46. The lowest BCUT2D eigenvalue weighted by Crippen LogP contribution is -2.28. The Morgan fingerprint density at radius 2 is 1.94 bits per heavy atom. The summed E-state index contributed by atoms with van der Waals surface area (Å²) in [7, 11) is 0. The number of benzene rings is 1. The second-order valence-corrected chi connectivity index (χ2v) is 5.23. The van der Waals surface area contributed by atoms with E-state index in [-0.39, 0.29) is 12.0 Å². The van der Waals surface area contributed by atoms with Crippen molar-refractivity contribution in [1.29, 1.82) is 0 Å². The molecule has 0 aliphatic carbocycles. The molecule has 0 aliphatic rings. The van der Waals surface area contributed by atoms with Crippen LogP contribution in [0.4, 0.5) is 0 Å². The zero-order chi connectivity index (χ0) is 13.8. The summed E-state index contributed by atoms with van der Waals surface area (Å²) in [6.07, 6.45) is 5.13. The second kappa shape index (κ2) is 5.70. The van der Waals surface area contributed by atoms with Crippen LogP contribution in [0, 0.1) is 12.3 Å². The molecular weight excluding hydrogens is 226 g/mol. The number of rotatable bonds is 4. The van der Waals surface area contributed by atoms with Crippen molar-refractivity contribution in [2.45, 2.75) is 32.2 Å². The van der Waals surface area contributed by atoms with E-state index in [0.717, 1.165) is 0 Å². The summed E-state index contributed by atoms with van der Waals surface area (Å²) in [6, 6.07) is 6.84. The van der Waals surface area contributed by atoms with E-state index >= 15 is 0 Å². The van der Waals surface area contributed by atoms with Gasteiger partial charge >= 0.3 is 5.97 Å². The predicted octanol–water partition coefficient (Wildman–Crippen LogP) is 2.33. The van der Waals surface area contributed by atoms with E-state index in [2.05, 4.69) is 32.0 Å². The van der Waals surface area contributed by atoms with Crippen molar-refractivity contribution in [3.63, 3.8) is 0 Å². The average Bonchev–Trinajstić information content (AvgIpc) is 2.28. The number of terminal acetylenes is 1. The van der Waals surface area contributed by atoms with Crippen molar-refractivity contribution in [2.75, 3.05) is 6.54 Å². The molecule has 2 N–H and O–H groups in total. The molecule has 1 unspecified atom stereocenters. The third-order valence-electron chi connectivity index (χ3n) is 2.77. The molecule has 0 aliphatic heterocycles. The van der Waals surface area contributed by atoms with Gasteiger partial charge in [0.15, 0.2) is 0 Å². The van der Waals surface area contributed by atoms with E-state index in [1.54, 1.807) is 0 Å². The molecule has 1 aromatic carbocycles. The number of carboxylic acid groups (broad SMARTS) is 1. The van der Waals surface area contributed by atoms with Gasteiger partial charge in [-0.1, -0.05) is 51.0 Å². The summed E-state index contributed by atoms with van der Waals surface area (Å²) in [5.41, 5.74) is 1.95. The Kier molecular flexibility index (Phi) is 4.52. The van der Waals surface area contributed by atoms with Crippen LogP contribution in [-0.4, -0.2) is 17.6 Å². The highest BCUT2D eigenvalue weighted by atomic mass is 16.4. The molecule has 0 amide bonds. The average molecular weight is 245 g/mol. The third-order valence-corrected chi connectivity index (χ3v) is 2.77. The van der Waals surface area contributed by atoms with Gasteiger partial charge in [0.1, 0.15) is 6.04 Å². The fourth-order valence-electron chi connectivity index (χ4n) is 1.68. The quantitative estimate of drug-likeness (QED) is 0.800. The van der Waals surface area contributed by atoms with E-state index in [0.29, 0.717) is 5.56 Å². The number of carboxylic acids is 1. The Balaban J connectivity index is 2.95. The minimum atomic E-state index is -0.922. The fourth-order valence-corrected chi connectivity index (χ4v) is 1.68. The van der Waals surface area contributed by atoms with Crippen LogP contribution in [0.25, 0.3) is 0 Å². The van der Waals surface area contributed by atoms with Crippen LogP contribution in [0.2, 0.25) is 0 Å². The molecule has 96 valence electrons. The van der Waals surface area contributed by atoms with Crippen LogP contribution in [0.3, 0.4) is 0 Å². The first kappa shape index (κ1) is 14.3. The Bertz CT molecular complexity index is 449. The monoisotopic (exact) mass is 245 g/mol. The van der Waals surface area contributed by atoms with E-state index in [9.17, 15) is 4.79 Å². The van der Waals surface area contributed by atoms with Gasteiger partial charge in [0.2, 0.25) is 0 Å². The highest BCUT2D eigenvalue weighted by Gasteiger charge is 2.20. The SMILES string of the molecule is C#CCNC(C(=O)O)c1ccc(C(C)(C)C)cc1. The number of hydrogen-bond donors (Lipinski definition) is 2. The van der Waals surface area contributed by atoms with Crippen LogP contribution >= 0.6 is 0 Å². The minimum absolute atomic E-state index is 0.0590. The van der Waals surface area contributed by atoms with Crippen LogP contribution in [-0.2, 0) is 10.2 Å². The molecule has 0 heterocycles. The van der Waals surface area contributed by atoms with E-state index in [4.69, 9.17) is 11.5 Å². The second-order valence-electron chi connectivity index (χ2n) is 5.23. The van der Waals surface area contributed by atoms with Gasteiger partial charge in [-0.05, 0) is 16.5 Å². The number of hydrogen-bond acceptors (Lipinski definition) is 2. The van der Waals surface area contributed by atoms with Crippen molar-refractivity contribution in [2.24, 2.45) is 0 Å². The molecule has 3 nitrogen and oxygen atoms in total. The normalized spacial score (nSPS) is 12.8. The van der Waals surface area contributed by atoms with Crippen molar-refractivity contribution < 1.29 is 9.90 Å². The van der Waals surface area contributed by atoms with Crippen molar-refractivity contribution in [3.05, 3.63) is 35.4 Å². The van der Waals surface area contributed by atoms with Crippen LogP contribution in [0.5, 0.6) is 0 Å². The van der Waals surface area contributed by atoms with Crippen molar-refractivity contribution in [3.8, 4) is 12.3 Å². The molecule has 0 fully saturated rings. The van der Waals surface area contributed by atoms with Crippen LogP contribution in [0.15, 0.2) is 24.3 Å². The third kappa shape index (κ3) is 3.61. The van der Waals surface area contributed by atoms with Crippen LogP contribution < -0.4 is 5.32 Å².